The standard InChI is InChI=1S/C25H26N2O2/c1-24(2)13-14-25(3,4)20-15-18(9-10-19(20)24)22-12-11-21(26-27-22)16-5-7-17(8-6-16)23(28)29/h5-12,15H,13-14H2,1-4H3,(H,28,29). The zero-order valence-electron chi connectivity index (χ0n) is 17.4. The molecule has 1 aliphatic rings. The summed E-state index contributed by atoms with van der Waals surface area (Å²) >= 11 is 0. The second-order valence-electron chi connectivity index (χ2n) is 9.21. The smallest absolute Gasteiger partial charge is 0.335 e. The normalized spacial score (nSPS) is 16.8. The molecule has 0 amide bonds. The molecule has 0 aliphatic heterocycles. The summed E-state index contributed by atoms with van der Waals surface area (Å²) in [6, 6.07) is 17.3. The first-order chi connectivity index (χ1) is 13.7. The summed E-state index contributed by atoms with van der Waals surface area (Å²) in [5.74, 6) is -0.934. The van der Waals surface area contributed by atoms with Crippen LogP contribution in [0.1, 0.15) is 62.0 Å². The van der Waals surface area contributed by atoms with E-state index in [1.54, 1.807) is 24.3 Å². The molecule has 0 radical (unpaired) electrons. The van der Waals surface area contributed by atoms with Crippen LogP contribution in [0, 0.1) is 0 Å². The van der Waals surface area contributed by atoms with Crippen LogP contribution in [-0.4, -0.2) is 21.3 Å². The van der Waals surface area contributed by atoms with E-state index in [1.807, 2.05) is 12.1 Å². The van der Waals surface area contributed by atoms with Crippen LogP contribution in [0.15, 0.2) is 54.6 Å². The number of hydrogen-bond donors (Lipinski definition) is 1. The molecule has 0 spiro atoms. The first kappa shape index (κ1) is 19.3. The maximum Gasteiger partial charge on any atom is 0.335 e. The molecule has 1 aromatic heterocycles. The van der Waals surface area contributed by atoms with Crippen molar-refractivity contribution >= 4 is 5.97 Å². The second kappa shape index (κ2) is 6.80. The number of rotatable bonds is 3. The second-order valence-corrected chi connectivity index (χ2v) is 9.21. The molecule has 0 saturated heterocycles. The molecule has 4 rings (SSSR count). The van der Waals surface area contributed by atoms with Gasteiger partial charge in [-0.1, -0.05) is 52.0 Å². The lowest BCUT2D eigenvalue weighted by molar-refractivity contribution is 0.0697. The Morgan fingerprint density at radius 1 is 0.759 bits per heavy atom. The number of benzene rings is 2. The maximum absolute atomic E-state index is 11.0. The van der Waals surface area contributed by atoms with Gasteiger partial charge in [0, 0.05) is 11.1 Å². The fourth-order valence-electron chi connectivity index (χ4n) is 4.17. The van der Waals surface area contributed by atoms with Gasteiger partial charge < -0.3 is 5.11 Å². The summed E-state index contributed by atoms with van der Waals surface area (Å²) in [5.41, 5.74) is 6.95. The van der Waals surface area contributed by atoms with Crippen molar-refractivity contribution in [1.29, 1.82) is 0 Å². The molecule has 1 N–H and O–H groups in total. The fraction of sp³-hybridized carbons (Fsp3) is 0.320. The number of carboxylic acid groups (broad SMARTS) is 1. The van der Waals surface area contributed by atoms with Crippen LogP contribution < -0.4 is 0 Å². The molecular formula is C25H26N2O2. The van der Waals surface area contributed by atoms with Crippen LogP contribution in [0.5, 0.6) is 0 Å². The van der Waals surface area contributed by atoms with Gasteiger partial charge in [0.05, 0.1) is 17.0 Å². The van der Waals surface area contributed by atoms with Crippen LogP contribution >= 0.6 is 0 Å². The molecule has 1 heterocycles. The zero-order valence-corrected chi connectivity index (χ0v) is 17.4. The molecule has 0 atom stereocenters. The van der Waals surface area contributed by atoms with Crippen molar-refractivity contribution in [2.75, 3.05) is 0 Å². The highest BCUT2D eigenvalue weighted by atomic mass is 16.4. The summed E-state index contributed by atoms with van der Waals surface area (Å²) in [6.07, 6.45) is 2.37. The van der Waals surface area contributed by atoms with Gasteiger partial charge in [0.2, 0.25) is 0 Å². The molecule has 0 fully saturated rings. The number of aromatic carboxylic acids is 1. The van der Waals surface area contributed by atoms with E-state index in [0.717, 1.165) is 22.5 Å². The van der Waals surface area contributed by atoms with Crippen molar-refractivity contribution in [2.45, 2.75) is 51.4 Å². The lowest BCUT2D eigenvalue weighted by atomic mass is 9.63. The van der Waals surface area contributed by atoms with Crippen LogP contribution in [0.25, 0.3) is 22.5 Å². The lowest BCUT2D eigenvalue weighted by Crippen LogP contribution is -2.33. The van der Waals surface area contributed by atoms with Crippen molar-refractivity contribution in [3.63, 3.8) is 0 Å². The molecular weight excluding hydrogens is 360 g/mol. The van der Waals surface area contributed by atoms with Gasteiger partial charge >= 0.3 is 5.97 Å². The number of nitrogens with zero attached hydrogens (tertiary/aromatic N) is 2. The molecule has 3 aromatic rings. The Morgan fingerprint density at radius 2 is 1.28 bits per heavy atom. The Kier molecular flexibility index (Phi) is 4.53. The van der Waals surface area contributed by atoms with E-state index >= 15 is 0 Å². The monoisotopic (exact) mass is 386 g/mol. The number of aromatic nitrogens is 2. The van der Waals surface area contributed by atoms with Gasteiger partial charge in [-0.05, 0) is 65.1 Å². The Hall–Kier alpha value is -3.01. The Labute approximate surface area is 171 Å². The summed E-state index contributed by atoms with van der Waals surface area (Å²) in [7, 11) is 0. The highest BCUT2D eigenvalue weighted by Crippen LogP contribution is 2.46. The third kappa shape index (κ3) is 3.55. The summed E-state index contributed by atoms with van der Waals surface area (Å²) in [5, 5.41) is 17.9. The molecule has 4 heteroatoms. The van der Waals surface area contributed by atoms with Crippen molar-refractivity contribution in [3.05, 3.63) is 71.3 Å². The van der Waals surface area contributed by atoms with E-state index in [2.05, 4.69) is 56.1 Å². The third-order valence-corrected chi connectivity index (χ3v) is 6.24. The Bertz CT molecular complexity index is 1060. The van der Waals surface area contributed by atoms with Crippen LogP contribution in [-0.2, 0) is 10.8 Å². The van der Waals surface area contributed by atoms with Gasteiger partial charge in [-0.2, -0.15) is 0 Å². The van der Waals surface area contributed by atoms with Gasteiger partial charge in [0.15, 0.2) is 0 Å². The number of carboxylic acids is 1. The van der Waals surface area contributed by atoms with E-state index in [1.165, 1.54) is 24.0 Å². The van der Waals surface area contributed by atoms with Crippen LogP contribution in [0.3, 0.4) is 0 Å². The molecule has 2 aromatic carbocycles. The number of carbonyl (C=O) groups is 1. The minimum absolute atomic E-state index is 0.153. The Morgan fingerprint density at radius 3 is 1.83 bits per heavy atom. The molecule has 0 saturated carbocycles. The predicted octanol–water partition coefficient (Wildman–Crippen LogP) is 5.86. The first-order valence-electron chi connectivity index (χ1n) is 10.0. The SMILES string of the molecule is CC1(C)CCC(C)(C)c2cc(-c3ccc(-c4ccc(C(=O)O)cc4)nn3)ccc21. The summed E-state index contributed by atoms with van der Waals surface area (Å²) in [6.45, 7) is 9.29. The van der Waals surface area contributed by atoms with E-state index in [4.69, 9.17) is 5.11 Å². The predicted molar refractivity (Wildman–Crippen MR) is 115 cm³/mol. The van der Waals surface area contributed by atoms with Gasteiger partial charge in [0.25, 0.3) is 0 Å². The maximum atomic E-state index is 11.0. The molecule has 0 unspecified atom stereocenters. The molecule has 4 nitrogen and oxygen atoms in total. The largest absolute Gasteiger partial charge is 0.478 e. The van der Waals surface area contributed by atoms with E-state index in [0.29, 0.717) is 0 Å². The molecule has 148 valence electrons. The topological polar surface area (TPSA) is 63.1 Å². The van der Waals surface area contributed by atoms with Gasteiger partial charge in [-0.25, -0.2) is 4.79 Å². The van der Waals surface area contributed by atoms with Crippen LogP contribution in [0.4, 0.5) is 0 Å². The molecule has 1 aliphatic carbocycles. The minimum Gasteiger partial charge on any atom is -0.478 e. The van der Waals surface area contributed by atoms with Crippen LogP contribution in [0.2, 0.25) is 0 Å². The lowest BCUT2D eigenvalue weighted by Gasteiger charge is -2.42. The van der Waals surface area contributed by atoms with E-state index < -0.39 is 5.97 Å². The van der Waals surface area contributed by atoms with Crippen molar-refractivity contribution < 1.29 is 9.90 Å². The minimum atomic E-state index is -0.934. The number of hydrogen-bond acceptors (Lipinski definition) is 3. The highest BCUT2D eigenvalue weighted by Gasteiger charge is 2.37. The first-order valence-corrected chi connectivity index (χ1v) is 10.0. The summed E-state index contributed by atoms with van der Waals surface area (Å²) < 4.78 is 0. The van der Waals surface area contributed by atoms with E-state index in [9.17, 15) is 4.79 Å². The fourth-order valence-corrected chi connectivity index (χ4v) is 4.17. The summed E-state index contributed by atoms with van der Waals surface area (Å²) in [4.78, 5) is 11.0. The average Bonchev–Trinajstić information content (AvgIpc) is 2.71. The third-order valence-electron chi connectivity index (χ3n) is 6.24. The van der Waals surface area contributed by atoms with Gasteiger partial charge in [-0.3, -0.25) is 0 Å². The average molecular weight is 386 g/mol. The van der Waals surface area contributed by atoms with Gasteiger partial charge in [-0.15, -0.1) is 10.2 Å². The highest BCUT2D eigenvalue weighted by molar-refractivity contribution is 5.88. The van der Waals surface area contributed by atoms with Crippen molar-refractivity contribution in [1.82, 2.24) is 10.2 Å². The Balaban J connectivity index is 1.67. The van der Waals surface area contributed by atoms with Crippen molar-refractivity contribution in [2.24, 2.45) is 0 Å². The molecule has 29 heavy (non-hydrogen) atoms. The van der Waals surface area contributed by atoms with E-state index in [-0.39, 0.29) is 16.4 Å². The van der Waals surface area contributed by atoms with Crippen molar-refractivity contribution in [3.8, 4) is 22.5 Å². The zero-order chi connectivity index (χ0) is 20.8. The molecule has 0 bridgehead atoms. The number of fused-ring (bicyclic) bond motifs is 1. The van der Waals surface area contributed by atoms with Gasteiger partial charge in [0.1, 0.15) is 0 Å². The quantitative estimate of drug-likeness (QED) is 0.612.